The van der Waals surface area contributed by atoms with Crippen molar-refractivity contribution in [1.29, 1.82) is 0 Å². The van der Waals surface area contributed by atoms with Crippen LogP contribution >= 0.6 is 11.9 Å². The Morgan fingerprint density at radius 2 is 1.74 bits per heavy atom. The summed E-state index contributed by atoms with van der Waals surface area (Å²) in [6, 6.07) is 21.2. The molecular formula is C29H25F3N2O3S. The number of rotatable bonds is 9. The fourth-order valence-electron chi connectivity index (χ4n) is 4.26. The minimum atomic E-state index is -4.74. The number of hydrogen-bond acceptors (Lipinski definition) is 6. The van der Waals surface area contributed by atoms with Crippen molar-refractivity contribution in [2.75, 3.05) is 10.9 Å². The van der Waals surface area contributed by atoms with Gasteiger partial charge in [0.1, 0.15) is 11.6 Å². The highest BCUT2D eigenvalue weighted by molar-refractivity contribution is 8.00. The van der Waals surface area contributed by atoms with Crippen LogP contribution in [-0.2, 0) is 11.3 Å². The average molecular weight is 539 g/mol. The Balaban J connectivity index is 1.49. The average Bonchev–Trinajstić information content (AvgIpc) is 3.74. The van der Waals surface area contributed by atoms with E-state index < -0.39 is 6.36 Å². The van der Waals surface area contributed by atoms with E-state index in [1.807, 2.05) is 36.5 Å². The molecule has 196 valence electrons. The second-order valence-electron chi connectivity index (χ2n) is 8.92. The number of carbonyl (C=O) groups is 1. The predicted molar refractivity (Wildman–Crippen MR) is 141 cm³/mol. The number of halogens is 3. The number of alkyl halides is 3. The van der Waals surface area contributed by atoms with E-state index in [0.29, 0.717) is 24.6 Å². The first-order valence-electron chi connectivity index (χ1n) is 12.3. The third kappa shape index (κ3) is 6.22. The Morgan fingerprint density at radius 3 is 2.39 bits per heavy atom. The molecule has 5 rings (SSSR count). The molecular weight excluding hydrogens is 513 g/mol. The van der Waals surface area contributed by atoms with Crippen molar-refractivity contribution in [3.05, 3.63) is 95.7 Å². The lowest BCUT2D eigenvalue weighted by Crippen LogP contribution is -2.18. The molecule has 1 fully saturated rings. The fourth-order valence-corrected chi connectivity index (χ4v) is 5.21. The standard InChI is InChI=1S/C29H25F3N2O3S/c1-2-36-28(35)21-11-15-24(16-12-21)38-34(18-19-7-13-23(14-8-19)37-29(30,31)32)27-26(20-9-10-20)25-6-4-3-5-22(25)17-33-27/h3-8,11-17,20H,2,9-10,18H2,1H3. The molecule has 0 amide bonds. The van der Waals surface area contributed by atoms with E-state index in [1.54, 1.807) is 31.2 Å². The van der Waals surface area contributed by atoms with Crippen LogP contribution in [0.15, 0.2) is 83.9 Å². The highest BCUT2D eigenvalue weighted by Gasteiger charge is 2.32. The summed E-state index contributed by atoms with van der Waals surface area (Å²) in [4.78, 5) is 17.8. The maximum absolute atomic E-state index is 12.6. The van der Waals surface area contributed by atoms with Gasteiger partial charge in [0, 0.05) is 22.0 Å². The molecule has 5 nitrogen and oxygen atoms in total. The molecule has 0 N–H and O–H groups in total. The third-order valence-corrected chi connectivity index (χ3v) is 7.11. The normalized spacial score (nSPS) is 13.4. The van der Waals surface area contributed by atoms with Gasteiger partial charge < -0.3 is 9.47 Å². The number of fused-ring (bicyclic) bond motifs is 1. The first-order chi connectivity index (χ1) is 18.3. The van der Waals surface area contributed by atoms with Gasteiger partial charge in [0.2, 0.25) is 0 Å². The number of aromatic nitrogens is 1. The molecule has 1 saturated carbocycles. The smallest absolute Gasteiger partial charge is 0.462 e. The van der Waals surface area contributed by atoms with Gasteiger partial charge in [-0.15, -0.1) is 13.2 Å². The van der Waals surface area contributed by atoms with E-state index >= 15 is 0 Å². The number of nitrogens with zero attached hydrogens (tertiary/aromatic N) is 2. The number of hydrogen-bond donors (Lipinski definition) is 0. The van der Waals surface area contributed by atoms with Crippen molar-refractivity contribution in [2.45, 2.75) is 43.5 Å². The van der Waals surface area contributed by atoms with E-state index in [0.717, 1.165) is 39.9 Å². The van der Waals surface area contributed by atoms with Gasteiger partial charge in [-0.2, -0.15) is 0 Å². The number of benzene rings is 3. The summed E-state index contributed by atoms with van der Waals surface area (Å²) in [6.07, 6.45) is -0.723. The van der Waals surface area contributed by atoms with Gasteiger partial charge in [-0.05, 0) is 85.0 Å². The molecule has 0 atom stereocenters. The monoisotopic (exact) mass is 538 g/mol. The Kier molecular flexibility index (Phi) is 7.46. The molecule has 0 spiro atoms. The summed E-state index contributed by atoms with van der Waals surface area (Å²) in [5, 5.41) is 2.22. The minimum absolute atomic E-state index is 0.266. The van der Waals surface area contributed by atoms with Gasteiger partial charge in [-0.1, -0.05) is 36.4 Å². The molecule has 1 heterocycles. The quantitative estimate of drug-likeness (QED) is 0.160. The Labute approximate surface area is 222 Å². The van der Waals surface area contributed by atoms with Gasteiger partial charge in [0.25, 0.3) is 0 Å². The van der Waals surface area contributed by atoms with Crippen LogP contribution in [-0.4, -0.2) is 23.9 Å². The van der Waals surface area contributed by atoms with Crippen LogP contribution in [0.1, 0.15) is 47.2 Å². The van der Waals surface area contributed by atoms with Crippen molar-refractivity contribution >= 4 is 34.5 Å². The van der Waals surface area contributed by atoms with Gasteiger partial charge >= 0.3 is 12.3 Å². The van der Waals surface area contributed by atoms with Crippen LogP contribution in [0, 0.1) is 0 Å². The number of esters is 1. The first kappa shape index (κ1) is 25.9. The Bertz CT molecular complexity index is 1420. The van der Waals surface area contributed by atoms with E-state index in [4.69, 9.17) is 9.72 Å². The van der Waals surface area contributed by atoms with Crippen molar-refractivity contribution < 1.29 is 27.4 Å². The summed E-state index contributed by atoms with van der Waals surface area (Å²) in [6.45, 7) is 2.45. The van der Waals surface area contributed by atoms with Crippen molar-refractivity contribution in [2.24, 2.45) is 0 Å². The molecule has 1 aliphatic carbocycles. The predicted octanol–water partition coefficient (Wildman–Crippen LogP) is 7.90. The zero-order valence-corrected chi connectivity index (χ0v) is 21.4. The summed E-state index contributed by atoms with van der Waals surface area (Å²) >= 11 is 1.46. The van der Waals surface area contributed by atoms with Crippen LogP contribution < -0.4 is 9.04 Å². The lowest BCUT2D eigenvalue weighted by Gasteiger charge is -2.26. The molecule has 1 aromatic heterocycles. The minimum Gasteiger partial charge on any atom is -0.462 e. The largest absolute Gasteiger partial charge is 0.573 e. The van der Waals surface area contributed by atoms with Crippen LogP contribution in [0.5, 0.6) is 5.75 Å². The first-order valence-corrected chi connectivity index (χ1v) is 13.0. The van der Waals surface area contributed by atoms with Gasteiger partial charge in [0.15, 0.2) is 0 Å². The summed E-state index contributed by atoms with van der Waals surface area (Å²) in [7, 11) is 0. The van der Waals surface area contributed by atoms with Gasteiger partial charge in [-0.25, -0.2) is 9.78 Å². The maximum Gasteiger partial charge on any atom is 0.573 e. The zero-order valence-electron chi connectivity index (χ0n) is 20.6. The molecule has 0 aliphatic heterocycles. The molecule has 3 aromatic carbocycles. The van der Waals surface area contributed by atoms with E-state index in [9.17, 15) is 18.0 Å². The Morgan fingerprint density at radius 1 is 1.03 bits per heavy atom. The van der Waals surface area contributed by atoms with E-state index in [2.05, 4.69) is 15.1 Å². The molecule has 0 unspecified atom stereocenters. The molecule has 1 aliphatic rings. The van der Waals surface area contributed by atoms with Crippen molar-refractivity contribution in [1.82, 2.24) is 4.98 Å². The van der Waals surface area contributed by atoms with Crippen molar-refractivity contribution in [3.63, 3.8) is 0 Å². The topological polar surface area (TPSA) is 51.7 Å². The number of carbonyl (C=O) groups excluding carboxylic acids is 1. The molecule has 9 heteroatoms. The van der Waals surface area contributed by atoms with E-state index in [-0.39, 0.29) is 11.7 Å². The van der Waals surface area contributed by atoms with Crippen LogP contribution in [0.2, 0.25) is 0 Å². The lowest BCUT2D eigenvalue weighted by molar-refractivity contribution is -0.274. The SMILES string of the molecule is CCOC(=O)c1ccc(SN(Cc2ccc(OC(F)(F)F)cc2)c2ncc3ccccc3c2C2CC2)cc1. The summed E-state index contributed by atoms with van der Waals surface area (Å²) in [5.41, 5.74) is 2.44. The second kappa shape index (κ2) is 10.9. The van der Waals surface area contributed by atoms with Crippen LogP contribution in [0.25, 0.3) is 10.8 Å². The molecule has 0 radical (unpaired) electrons. The third-order valence-electron chi connectivity index (χ3n) is 6.10. The Hall–Kier alpha value is -3.72. The number of pyridine rings is 1. The van der Waals surface area contributed by atoms with E-state index in [1.165, 1.54) is 29.6 Å². The number of ether oxygens (including phenoxy) is 2. The van der Waals surface area contributed by atoms with Gasteiger partial charge in [-0.3, -0.25) is 4.31 Å². The lowest BCUT2D eigenvalue weighted by atomic mass is 10.0. The zero-order chi connectivity index (χ0) is 26.7. The fraction of sp³-hybridized carbons (Fsp3) is 0.241. The van der Waals surface area contributed by atoms with Gasteiger partial charge in [0.05, 0.1) is 18.7 Å². The van der Waals surface area contributed by atoms with Crippen LogP contribution in [0.4, 0.5) is 19.0 Å². The summed E-state index contributed by atoms with van der Waals surface area (Å²) < 4.78 is 49.0. The van der Waals surface area contributed by atoms with Crippen molar-refractivity contribution in [3.8, 4) is 5.75 Å². The highest BCUT2D eigenvalue weighted by Crippen LogP contribution is 2.48. The molecule has 38 heavy (non-hydrogen) atoms. The second-order valence-corrected chi connectivity index (χ2v) is 10.0. The molecule has 0 saturated heterocycles. The summed E-state index contributed by atoms with van der Waals surface area (Å²) in [5.74, 6) is 0.577. The molecule has 4 aromatic rings. The number of anilines is 1. The molecule has 0 bridgehead atoms. The maximum atomic E-state index is 12.6. The highest BCUT2D eigenvalue weighted by atomic mass is 32.2. The van der Waals surface area contributed by atoms with Crippen LogP contribution in [0.3, 0.4) is 0 Å².